The molecule has 1 aromatic heterocycles. The Morgan fingerprint density at radius 2 is 1.83 bits per heavy atom. The summed E-state index contributed by atoms with van der Waals surface area (Å²) < 4.78 is 5.83. The first kappa shape index (κ1) is 25.4. The first-order valence-electron chi connectivity index (χ1n) is 12.5. The van der Waals surface area contributed by atoms with E-state index in [0.717, 1.165) is 70.4 Å². The molecule has 35 heavy (non-hydrogen) atoms. The number of carbonyl (C=O) groups excluding carboxylic acids is 2. The number of hydrazone groups is 1. The van der Waals surface area contributed by atoms with Gasteiger partial charge in [-0.2, -0.15) is 5.10 Å². The number of urea groups is 1. The molecule has 3 amide bonds. The number of carbonyl (C=O) groups is 2. The molecule has 2 saturated heterocycles. The van der Waals surface area contributed by atoms with Gasteiger partial charge in [-0.25, -0.2) is 9.80 Å². The van der Waals surface area contributed by atoms with E-state index in [0.29, 0.717) is 16.5 Å². The Labute approximate surface area is 211 Å². The molecule has 1 atom stereocenters. The molecular weight excluding hydrogens is 466 g/mol. The zero-order valence-corrected chi connectivity index (χ0v) is 21.0. The molecular formula is C26H34ClN5O3. The van der Waals surface area contributed by atoms with Gasteiger partial charge < -0.3 is 14.6 Å². The summed E-state index contributed by atoms with van der Waals surface area (Å²) in [6.45, 7) is 7.23. The third-order valence-electron chi connectivity index (χ3n) is 6.54. The van der Waals surface area contributed by atoms with Crippen LogP contribution < -0.4 is 5.32 Å². The monoisotopic (exact) mass is 499 g/mol. The third-order valence-corrected chi connectivity index (χ3v) is 6.79. The topological polar surface area (TPSA) is 81.4 Å². The molecule has 188 valence electrons. The van der Waals surface area contributed by atoms with E-state index in [-0.39, 0.29) is 24.5 Å². The number of furan rings is 1. The fourth-order valence-electron chi connectivity index (χ4n) is 4.60. The quantitative estimate of drug-likeness (QED) is 0.365. The zero-order chi connectivity index (χ0) is 24.6. The zero-order valence-electron chi connectivity index (χ0n) is 20.3. The van der Waals surface area contributed by atoms with E-state index in [9.17, 15) is 9.59 Å². The van der Waals surface area contributed by atoms with Crippen LogP contribution in [0, 0.1) is 0 Å². The maximum Gasteiger partial charge on any atom is 0.347 e. The molecule has 0 saturated carbocycles. The summed E-state index contributed by atoms with van der Waals surface area (Å²) in [4.78, 5) is 29.8. The number of piperazine rings is 1. The van der Waals surface area contributed by atoms with Crippen molar-refractivity contribution in [2.75, 3.05) is 39.3 Å². The molecule has 0 radical (unpaired) electrons. The van der Waals surface area contributed by atoms with Gasteiger partial charge in [0.05, 0.1) is 6.21 Å². The van der Waals surface area contributed by atoms with Crippen molar-refractivity contribution in [3.63, 3.8) is 0 Å². The molecule has 2 aliphatic rings. The molecule has 1 aromatic carbocycles. The lowest BCUT2D eigenvalue weighted by Gasteiger charge is -2.29. The fraction of sp³-hybridized carbons (Fsp3) is 0.500. The van der Waals surface area contributed by atoms with Crippen LogP contribution >= 0.6 is 11.6 Å². The lowest BCUT2D eigenvalue weighted by Crippen LogP contribution is -2.44. The second-order valence-electron chi connectivity index (χ2n) is 9.09. The van der Waals surface area contributed by atoms with Gasteiger partial charge in [-0.3, -0.25) is 9.69 Å². The number of hydrogen-bond acceptors (Lipinski definition) is 6. The SMILES string of the molecule is CCCCC(CCCN1CCNCC1)N1C(=O)CN(N=Cc2ccc(-c3ccc(Cl)cc3)o2)C1=O. The summed E-state index contributed by atoms with van der Waals surface area (Å²) in [6.07, 6.45) is 6.12. The van der Waals surface area contributed by atoms with E-state index in [4.69, 9.17) is 16.0 Å². The average molecular weight is 500 g/mol. The van der Waals surface area contributed by atoms with Crippen LogP contribution in [0.15, 0.2) is 45.9 Å². The highest BCUT2D eigenvalue weighted by Gasteiger charge is 2.40. The predicted octanol–water partition coefficient (Wildman–Crippen LogP) is 4.44. The molecule has 1 unspecified atom stereocenters. The van der Waals surface area contributed by atoms with Crippen molar-refractivity contribution in [1.29, 1.82) is 0 Å². The minimum absolute atomic E-state index is 0.0412. The Balaban J connectivity index is 1.37. The smallest absolute Gasteiger partial charge is 0.347 e. The average Bonchev–Trinajstić information content (AvgIpc) is 3.45. The van der Waals surface area contributed by atoms with Gasteiger partial charge >= 0.3 is 6.03 Å². The van der Waals surface area contributed by atoms with Crippen LogP contribution in [-0.4, -0.2) is 78.3 Å². The number of rotatable bonds is 11. The van der Waals surface area contributed by atoms with Crippen LogP contribution in [0.2, 0.25) is 5.02 Å². The Kier molecular flexibility index (Phi) is 8.95. The number of nitrogens with zero attached hydrogens (tertiary/aromatic N) is 4. The van der Waals surface area contributed by atoms with Crippen molar-refractivity contribution < 1.29 is 14.0 Å². The standard InChI is InChI=1S/C26H34ClN5O3/c1-2-3-5-22(6-4-15-30-16-13-28-14-17-30)32-25(33)19-31(26(32)34)29-18-23-11-12-24(35-23)20-7-9-21(27)10-8-20/h7-12,18,22,28H,2-6,13-17,19H2,1H3. The molecule has 9 heteroatoms. The molecule has 0 aliphatic carbocycles. The maximum absolute atomic E-state index is 13.1. The van der Waals surface area contributed by atoms with E-state index in [1.165, 1.54) is 16.1 Å². The minimum Gasteiger partial charge on any atom is -0.455 e. The summed E-state index contributed by atoms with van der Waals surface area (Å²) >= 11 is 5.95. The van der Waals surface area contributed by atoms with Crippen LogP contribution in [0.1, 0.15) is 44.8 Å². The summed E-state index contributed by atoms with van der Waals surface area (Å²) in [5, 5.41) is 9.54. The van der Waals surface area contributed by atoms with Crippen molar-refractivity contribution >= 4 is 29.8 Å². The van der Waals surface area contributed by atoms with Crippen LogP contribution in [-0.2, 0) is 4.79 Å². The van der Waals surface area contributed by atoms with E-state index in [2.05, 4.69) is 22.2 Å². The largest absolute Gasteiger partial charge is 0.455 e. The highest BCUT2D eigenvalue weighted by Crippen LogP contribution is 2.24. The number of unbranched alkanes of at least 4 members (excludes halogenated alkanes) is 1. The summed E-state index contributed by atoms with van der Waals surface area (Å²) in [6, 6.07) is 10.5. The molecule has 2 aromatic rings. The summed E-state index contributed by atoms with van der Waals surface area (Å²) in [5.74, 6) is 1.00. The minimum atomic E-state index is -0.348. The van der Waals surface area contributed by atoms with Gasteiger partial charge in [-0.15, -0.1) is 0 Å². The lowest BCUT2D eigenvalue weighted by molar-refractivity contribution is -0.127. The Hall–Kier alpha value is -2.68. The van der Waals surface area contributed by atoms with E-state index >= 15 is 0 Å². The normalized spacial score (nSPS) is 18.2. The Morgan fingerprint density at radius 3 is 2.57 bits per heavy atom. The fourth-order valence-corrected chi connectivity index (χ4v) is 4.72. The molecule has 1 N–H and O–H groups in total. The first-order chi connectivity index (χ1) is 17.0. The van der Waals surface area contributed by atoms with E-state index in [1.807, 2.05) is 18.2 Å². The number of nitrogens with one attached hydrogen (secondary N) is 1. The van der Waals surface area contributed by atoms with Gasteiger partial charge in [0.15, 0.2) is 0 Å². The molecule has 4 rings (SSSR count). The second-order valence-corrected chi connectivity index (χ2v) is 9.52. The number of halogens is 1. The third kappa shape index (κ3) is 6.72. The maximum atomic E-state index is 13.1. The van der Waals surface area contributed by atoms with E-state index < -0.39 is 0 Å². The Bertz CT molecular complexity index is 1020. The molecule has 0 spiro atoms. The molecule has 0 bridgehead atoms. The van der Waals surface area contributed by atoms with Crippen molar-refractivity contribution in [1.82, 2.24) is 20.1 Å². The number of amides is 3. The highest BCUT2D eigenvalue weighted by atomic mass is 35.5. The summed E-state index contributed by atoms with van der Waals surface area (Å²) in [7, 11) is 0. The van der Waals surface area contributed by atoms with Gasteiger partial charge in [0.2, 0.25) is 0 Å². The number of benzene rings is 1. The van der Waals surface area contributed by atoms with Gasteiger partial charge in [-0.1, -0.05) is 31.4 Å². The van der Waals surface area contributed by atoms with Crippen LogP contribution in [0.5, 0.6) is 0 Å². The first-order valence-corrected chi connectivity index (χ1v) is 12.9. The van der Waals surface area contributed by atoms with Crippen molar-refractivity contribution in [2.24, 2.45) is 5.10 Å². The van der Waals surface area contributed by atoms with Crippen LogP contribution in [0.25, 0.3) is 11.3 Å². The van der Waals surface area contributed by atoms with Crippen LogP contribution in [0.4, 0.5) is 4.79 Å². The second kappa shape index (κ2) is 12.3. The Morgan fingerprint density at radius 1 is 1.09 bits per heavy atom. The van der Waals surface area contributed by atoms with Gasteiger partial charge in [-0.05, 0) is 62.2 Å². The van der Waals surface area contributed by atoms with Gasteiger partial charge in [0.25, 0.3) is 5.91 Å². The molecule has 8 nitrogen and oxygen atoms in total. The van der Waals surface area contributed by atoms with Crippen molar-refractivity contribution in [3.8, 4) is 11.3 Å². The predicted molar refractivity (Wildman–Crippen MR) is 138 cm³/mol. The van der Waals surface area contributed by atoms with Crippen molar-refractivity contribution in [2.45, 2.75) is 45.1 Å². The summed E-state index contributed by atoms with van der Waals surface area (Å²) in [5.41, 5.74) is 0.896. The van der Waals surface area contributed by atoms with Gasteiger partial charge in [0.1, 0.15) is 18.1 Å². The highest BCUT2D eigenvalue weighted by molar-refractivity contribution is 6.30. The lowest BCUT2D eigenvalue weighted by atomic mass is 10.0. The van der Waals surface area contributed by atoms with Crippen LogP contribution in [0.3, 0.4) is 0 Å². The van der Waals surface area contributed by atoms with E-state index in [1.54, 1.807) is 18.2 Å². The number of imide groups is 1. The molecule has 2 aliphatic heterocycles. The molecule has 2 fully saturated rings. The van der Waals surface area contributed by atoms with Crippen molar-refractivity contribution in [3.05, 3.63) is 47.2 Å². The number of hydrogen-bond donors (Lipinski definition) is 1. The molecule has 3 heterocycles. The van der Waals surface area contributed by atoms with Gasteiger partial charge in [0, 0.05) is 42.8 Å².